The number of aryl methyl sites for hydroxylation is 1. The maximum absolute atomic E-state index is 13.8. The number of rotatable bonds is 14. The minimum atomic E-state index is -3.96. The molecule has 41 heavy (non-hydrogen) atoms. The van der Waals surface area contributed by atoms with Crippen molar-refractivity contribution in [3.63, 3.8) is 0 Å². The van der Waals surface area contributed by atoms with Crippen molar-refractivity contribution in [1.82, 2.24) is 10.6 Å². The lowest BCUT2D eigenvalue weighted by atomic mass is 9.94. The highest BCUT2D eigenvalue weighted by atomic mass is 32.2. The molecule has 3 rings (SSSR count). The Morgan fingerprint density at radius 1 is 0.951 bits per heavy atom. The summed E-state index contributed by atoms with van der Waals surface area (Å²) in [4.78, 5) is 25.1. The van der Waals surface area contributed by atoms with Gasteiger partial charge in [0.05, 0.1) is 23.0 Å². The summed E-state index contributed by atoms with van der Waals surface area (Å²) >= 11 is 0. The predicted octanol–water partition coefficient (Wildman–Crippen LogP) is 2.01. The van der Waals surface area contributed by atoms with E-state index in [1.54, 1.807) is 0 Å². The average molecular weight is 589 g/mol. The lowest BCUT2D eigenvalue weighted by Crippen LogP contribution is -2.49. The molecule has 0 spiro atoms. The average Bonchev–Trinajstić information content (AvgIpc) is 2.90. The summed E-state index contributed by atoms with van der Waals surface area (Å²) in [6.07, 6.45) is -0.807. The number of carbonyl (C=O) groups excluding carboxylic acids is 2. The summed E-state index contributed by atoms with van der Waals surface area (Å²) in [7, 11) is -3.96. The third-order valence-electron chi connectivity index (χ3n) is 6.62. The van der Waals surface area contributed by atoms with Gasteiger partial charge in [-0.2, -0.15) is 0 Å². The summed E-state index contributed by atoms with van der Waals surface area (Å²) in [5.41, 5.74) is 8.19. The molecule has 12 heteroatoms. The molecule has 2 amide bonds. The smallest absolute Gasteiger partial charge is 0.238 e. The van der Waals surface area contributed by atoms with Crippen molar-refractivity contribution in [3.8, 4) is 0 Å². The van der Waals surface area contributed by atoms with E-state index >= 15 is 0 Å². The highest BCUT2D eigenvalue weighted by Crippen LogP contribution is 2.22. The zero-order valence-corrected chi connectivity index (χ0v) is 23.3. The van der Waals surface area contributed by atoms with Crippen LogP contribution >= 0.6 is 0 Å². The molecular weight excluding hydrogens is 554 g/mol. The van der Waals surface area contributed by atoms with Gasteiger partial charge in [0.1, 0.15) is 11.6 Å². The number of amides is 2. The molecule has 0 saturated heterocycles. The van der Waals surface area contributed by atoms with Crippen molar-refractivity contribution in [2.24, 2.45) is 10.9 Å². The summed E-state index contributed by atoms with van der Waals surface area (Å²) in [5, 5.41) is 21.9. The van der Waals surface area contributed by atoms with Gasteiger partial charge in [0.2, 0.25) is 21.8 Å². The maximum Gasteiger partial charge on any atom is 0.238 e. The van der Waals surface area contributed by atoms with E-state index < -0.39 is 58.0 Å². The first-order chi connectivity index (χ1) is 19.3. The maximum atomic E-state index is 13.8. The van der Waals surface area contributed by atoms with Crippen LogP contribution in [0.5, 0.6) is 0 Å². The van der Waals surface area contributed by atoms with Gasteiger partial charge in [-0.1, -0.05) is 43.3 Å². The van der Waals surface area contributed by atoms with Gasteiger partial charge in [-0.15, -0.1) is 0 Å². The van der Waals surface area contributed by atoms with Crippen LogP contribution in [-0.4, -0.2) is 44.0 Å². The largest absolute Gasteiger partial charge is 0.390 e. The second-order valence-electron chi connectivity index (χ2n) is 9.80. The summed E-state index contributed by atoms with van der Waals surface area (Å²) in [6.45, 7) is 2.53. The Balaban J connectivity index is 1.74. The van der Waals surface area contributed by atoms with Gasteiger partial charge in [-0.3, -0.25) is 9.59 Å². The van der Waals surface area contributed by atoms with E-state index in [9.17, 15) is 31.9 Å². The van der Waals surface area contributed by atoms with Gasteiger partial charge in [-0.05, 0) is 59.4 Å². The zero-order valence-electron chi connectivity index (χ0n) is 22.5. The lowest BCUT2D eigenvalue weighted by molar-refractivity contribution is -0.127. The fourth-order valence-corrected chi connectivity index (χ4v) is 4.97. The number of hydrogen-bond donors (Lipinski definition) is 5. The zero-order chi connectivity index (χ0) is 30.2. The number of primary sulfonamides is 1. The van der Waals surface area contributed by atoms with Crippen LogP contribution in [0.3, 0.4) is 0 Å². The van der Waals surface area contributed by atoms with E-state index in [1.807, 2.05) is 31.2 Å². The van der Waals surface area contributed by atoms with Crippen molar-refractivity contribution in [1.29, 1.82) is 0 Å². The summed E-state index contributed by atoms with van der Waals surface area (Å²) < 4.78 is 50.8. The fraction of sp³-hybridized carbons (Fsp3) is 0.310. The molecule has 3 atom stereocenters. The Bertz CT molecular complexity index is 1450. The Morgan fingerprint density at radius 3 is 2.17 bits per heavy atom. The molecule has 0 aliphatic rings. The molecule has 7 N–H and O–H groups in total. The Hall–Kier alpha value is -3.71. The van der Waals surface area contributed by atoms with Gasteiger partial charge >= 0.3 is 0 Å². The third-order valence-corrected chi connectivity index (χ3v) is 7.54. The molecule has 0 aromatic heterocycles. The molecular formula is C29H34F2N4O5S. The Kier molecular flexibility index (Phi) is 11.1. The van der Waals surface area contributed by atoms with E-state index in [-0.39, 0.29) is 23.4 Å². The van der Waals surface area contributed by atoms with E-state index in [0.29, 0.717) is 12.1 Å². The summed E-state index contributed by atoms with van der Waals surface area (Å²) in [6, 6.07) is 15.0. The number of nitrogens with two attached hydrogens (primary N) is 2. The Labute approximate surface area is 238 Å². The highest BCUT2D eigenvalue weighted by molar-refractivity contribution is 7.89. The van der Waals surface area contributed by atoms with Gasteiger partial charge in [-0.25, -0.2) is 22.3 Å². The van der Waals surface area contributed by atoms with Crippen molar-refractivity contribution < 1.29 is 31.9 Å². The van der Waals surface area contributed by atoms with Crippen molar-refractivity contribution >= 4 is 21.8 Å². The van der Waals surface area contributed by atoms with Crippen LogP contribution in [0.15, 0.2) is 71.6 Å². The van der Waals surface area contributed by atoms with Crippen molar-refractivity contribution in [2.45, 2.75) is 55.7 Å². The molecule has 0 aliphatic heterocycles. The van der Waals surface area contributed by atoms with Crippen molar-refractivity contribution in [3.05, 3.63) is 101 Å². The monoisotopic (exact) mass is 588 g/mol. The van der Waals surface area contributed by atoms with Crippen LogP contribution in [-0.2, 0) is 39.0 Å². The number of halogens is 2. The third kappa shape index (κ3) is 9.71. The van der Waals surface area contributed by atoms with Gasteiger partial charge < -0.3 is 21.5 Å². The number of carbonyl (C=O) groups is 2. The highest BCUT2D eigenvalue weighted by Gasteiger charge is 2.27. The van der Waals surface area contributed by atoms with Crippen LogP contribution in [0.1, 0.15) is 41.5 Å². The number of aliphatic hydroxyl groups is 1. The first-order valence-corrected chi connectivity index (χ1v) is 14.5. The minimum Gasteiger partial charge on any atom is -0.390 e. The van der Waals surface area contributed by atoms with Crippen molar-refractivity contribution in [2.75, 3.05) is 6.54 Å². The van der Waals surface area contributed by atoms with Crippen LogP contribution in [0.4, 0.5) is 8.78 Å². The van der Waals surface area contributed by atoms with Gasteiger partial charge in [0, 0.05) is 25.6 Å². The van der Waals surface area contributed by atoms with E-state index in [2.05, 4.69) is 10.6 Å². The molecule has 0 heterocycles. The van der Waals surface area contributed by atoms with Gasteiger partial charge in [0.15, 0.2) is 0 Å². The molecule has 0 radical (unpaired) electrons. The van der Waals surface area contributed by atoms with Crippen LogP contribution < -0.4 is 21.5 Å². The predicted molar refractivity (Wildman–Crippen MR) is 150 cm³/mol. The molecule has 1 unspecified atom stereocenters. The first kappa shape index (κ1) is 31.8. The summed E-state index contributed by atoms with van der Waals surface area (Å²) in [5.74, 6) is -4.20. The molecule has 0 fully saturated rings. The van der Waals surface area contributed by atoms with E-state index in [0.717, 1.165) is 35.7 Å². The number of nitrogens with one attached hydrogen (secondary N) is 2. The first-order valence-electron chi connectivity index (χ1n) is 13.0. The Morgan fingerprint density at radius 2 is 1.59 bits per heavy atom. The molecule has 9 nitrogen and oxygen atoms in total. The fourth-order valence-electron chi connectivity index (χ4n) is 4.46. The standard InChI is InChI=1S/C29H34F2N4O5S/c1-2-18-4-3-5-19(10-18)16-34-17-27(36)26(13-20-11-22(30)14-23(31)12-20)35-28(37)15-25(29(32)38)21-6-8-24(9-7-21)41(33,39)40/h3-12,14,25-27,34,36H,2,13,15-17H2,1H3,(H2,32,38)(H,35,37)(H2,33,39,40)/t25?,26-,27+/m0/s1. The number of primary amides is 1. The lowest BCUT2D eigenvalue weighted by Gasteiger charge is -2.26. The second kappa shape index (κ2) is 14.3. The number of aliphatic hydroxyl groups excluding tert-OH is 1. The minimum absolute atomic E-state index is 0.0490. The normalized spacial score (nSPS) is 13.8. The van der Waals surface area contributed by atoms with Crippen LogP contribution in [0.25, 0.3) is 0 Å². The van der Waals surface area contributed by atoms with E-state index in [4.69, 9.17) is 10.9 Å². The molecule has 220 valence electrons. The SMILES string of the molecule is CCc1cccc(CNC[C@@H](O)[C@H](Cc2cc(F)cc(F)c2)NC(=O)CC(C(N)=O)c2ccc(S(N)(=O)=O)cc2)c1. The topological polar surface area (TPSA) is 165 Å². The number of hydrogen-bond acceptors (Lipinski definition) is 6. The second-order valence-corrected chi connectivity index (χ2v) is 11.4. The quantitative estimate of drug-likeness (QED) is 0.193. The molecule has 0 bridgehead atoms. The molecule has 0 saturated carbocycles. The van der Waals surface area contributed by atoms with Gasteiger partial charge in [0.25, 0.3) is 0 Å². The van der Waals surface area contributed by atoms with Crippen LogP contribution in [0, 0.1) is 11.6 Å². The molecule has 0 aliphatic carbocycles. The number of sulfonamides is 1. The number of benzene rings is 3. The molecule has 3 aromatic carbocycles. The van der Waals surface area contributed by atoms with E-state index in [1.165, 1.54) is 24.3 Å². The van der Waals surface area contributed by atoms with Crippen LogP contribution in [0.2, 0.25) is 0 Å². The molecule has 3 aromatic rings.